The summed E-state index contributed by atoms with van der Waals surface area (Å²) in [5.41, 5.74) is 0. The molecule has 2 heterocycles. The second-order valence-electron chi connectivity index (χ2n) is 4.35. The normalized spacial score (nSPS) is 39.3. The highest BCUT2D eigenvalue weighted by molar-refractivity contribution is 5.67. The van der Waals surface area contributed by atoms with Gasteiger partial charge in [-0.05, 0) is 31.1 Å². The fourth-order valence-corrected chi connectivity index (χ4v) is 2.70. The van der Waals surface area contributed by atoms with Gasteiger partial charge in [0.2, 0.25) is 0 Å². The van der Waals surface area contributed by atoms with Crippen LogP contribution in [0.15, 0.2) is 0 Å². The molecule has 3 nitrogen and oxygen atoms in total. The molecule has 2 aliphatic heterocycles. The minimum absolute atomic E-state index is 0.271. The summed E-state index contributed by atoms with van der Waals surface area (Å²) >= 11 is 0. The largest absolute Gasteiger partial charge is 0.481 e. The fourth-order valence-electron chi connectivity index (χ4n) is 2.70. The molecule has 0 radical (unpaired) electrons. The summed E-state index contributed by atoms with van der Waals surface area (Å²) in [5.74, 6) is 0.0814. The molecule has 2 aliphatic rings. The summed E-state index contributed by atoms with van der Waals surface area (Å²) in [6.07, 6.45) is 4.49. The van der Waals surface area contributed by atoms with Gasteiger partial charge >= 0.3 is 5.97 Å². The van der Waals surface area contributed by atoms with Gasteiger partial charge in [0.05, 0.1) is 12.2 Å². The Morgan fingerprint density at radius 3 is 2.85 bits per heavy atom. The second kappa shape index (κ2) is 3.29. The third-order valence-electron chi connectivity index (χ3n) is 3.38. The van der Waals surface area contributed by atoms with Gasteiger partial charge in [-0.25, -0.2) is 0 Å². The Labute approximate surface area is 78.1 Å². The van der Waals surface area contributed by atoms with Crippen molar-refractivity contribution in [2.45, 2.75) is 44.8 Å². The molecular formula is C10H16O3. The number of rotatable bonds is 3. The Balaban J connectivity index is 1.91. The maximum absolute atomic E-state index is 10.5. The van der Waals surface area contributed by atoms with E-state index in [1.165, 1.54) is 6.42 Å². The zero-order valence-electron chi connectivity index (χ0n) is 7.90. The van der Waals surface area contributed by atoms with E-state index in [2.05, 4.69) is 0 Å². The molecule has 3 heteroatoms. The van der Waals surface area contributed by atoms with Crippen LogP contribution in [0.4, 0.5) is 0 Å². The lowest BCUT2D eigenvalue weighted by Crippen LogP contribution is -2.25. The smallest absolute Gasteiger partial charge is 0.303 e. The van der Waals surface area contributed by atoms with Crippen molar-refractivity contribution in [3.63, 3.8) is 0 Å². The van der Waals surface area contributed by atoms with Crippen molar-refractivity contribution in [2.24, 2.45) is 11.8 Å². The number of aliphatic carboxylic acids is 1. The van der Waals surface area contributed by atoms with Crippen LogP contribution in [0.5, 0.6) is 0 Å². The molecule has 0 spiro atoms. The molecule has 2 saturated heterocycles. The Kier molecular flexibility index (Phi) is 2.28. The monoisotopic (exact) mass is 184 g/mol. The van der Waals surface area contributed by atoms with E-state index in [9.17, 15) is 4.79 Å². The lowest BCUT2D eigenvalue weighted by molar-refractivity contribution is -0.138. The Bertz CT molecular complexity index is 214. The molecule has 2 bridgehead atoms. The number of ether oxygens (including phenoxy) is 1. The maximum Gasteiger partial charge on any atom is 0.303 e. The van der Waals surface area contributed by atoms with Crippen LogP contribution in [-0.2, 0) is 9.53 Å². The summed E-state index contributed by atoms with van der Waals surface area (Å²) in [5, 5.41) is 8.67. The Morgan fingerprint density at radius 1 is 1.62 bits per heavy atom. The predicted octanol–water partition coefficient (Wildman–Crippen LogP) is 1.66. The van der Waals surface area contributed by atoms with Crippen LogP contribution in [0.2, 0.25) is 0 Å². The van der Waals surface area contributed by atoms with Gasteiger partial charge in [0.1, 0.15) is 0 Å². The van der Waals surface area contributed by atoms with Crippen molar-refractivity contribution in [3.05, 3.63) is 0 Å². The first-order chi connectivity index (χ1) is 6.16. The SMILES string of the molecule is CC(CC(=O)O)C1CC2CCC1O2. The zero-order valence-corrected chi connectivity index (χ0v) is 7.90. The highest BCUT2D eigenvalue weighted by atomic mass is 16.5. The van der Waals surface area contributed by atoms with E-state index >= 15 is 0 Å². The van der Waals surface area contributed by atoms with Gasteiger partial charge in [0.15, 0.2) is 0 Å². The number of hydrogen-bond donors (Lipinski definition) is 1. The highest BCUT2D eigenvalue weighted by Crippen LogP contribution is 2.43. The summed E-state index contributed by atoms with van der Waals surface area (Å²) in [7, 11) is 0. The quantitative estimate of drug-likeness (QED) is 0.725. The summed E-state index contributed by atoms with van der Waals surface area (Å²) in [6, 6.07) is 0. The molecule has 1 N–H and O–H groups in total. The van der Waals surface area contributed by atoms with Crippen LogP contribution in [0, 0.1) is 11.8 Å². The van der Waals surface area contributed by atoms with E-state index in [0.29, 0.717) is 18.1 Å². The lowest BCUT2D eigenvalue weighted by atomic mass is 9.79. The van der Waals surface area contributed by atoms with E-state index in [4.69, 9.17) is 9.84 Å². The van der Waals surface area contributed by atoms with Crippen molar-refractivity contribution in [2.75, 3.05) is 0 Å². The molecule has 74 valence electrons. The topological polar surface area (TPSA) is 46.5 Å². The van der Waals surface area contributed by atoms with Crippen molar-refractivity contribution in [1.82, 2.24) is 0 Å². The van der Waals surface area contributed by atoms with Gasteiger partial charge in [0.25, 0.3) is 0 Å². The van der Waals surface area contributed by atoms with Crippen LogP contribution in [0.1, 0.15) is 32.6 Å². The van der Waals surface area contributed by atoms with Gasteiger partial charge < -0.3 is 9.84 Å². The number of carboxylic acid groups (broad SMARTS) is 1. The molecule has 0 aromatic heterocycles. The molecular weight excluding hydrogens is 168 g/mol. The van der Waals surface area contributed by atoms with E-state index in [-0.39, 0.29) is 12.3 Å². The minimum Gasteiger partial charge on any atom is -0.481 e. The van der Waals surface area contributed by atoms with Gasteiger partial charge in [-0.15, -0.1) is 0 Å². The summed E-state index contributed by atoms with van der Waals surface area (Å²) in [4.78, 5) is 10.5. The van der Waals surface area contributed by atoms with E-state index in [1.54, 1.807) is 0 Å². The van der Waals surface area contributed by atoms with Crippen LogP contribution in [0.25, 0.3) is 0 Å². The van der Waals surface area contributed by atoms with Crippen molar-refractivity contribution in [3.8, 4) is 0 Å². The number of hydrogen-bond acceptors (Lipinski definition) is 2. The number of carboxylic acids is 1. The van der Waals surface area contributed by atoms with Crippen molar-refractivity contribution < 1.29 is 14.6 Å². The highest BCUT2D eigenvalue weighted by Gasteiger charge is 2.43. The van der Waals surface area contributed by atoms with E-state index in [0.717, 1.165) is 12.8 Å². The fraction of sp³-hybridized carbons (Fsp3) is 0.900. The molecule has 2 fully saturated rings. The average molecular weight is 184 g/mol. The molecule has 0 aromatic rings. The molecule has 13 heavy (non-hydrogen) atoms. The first-order valence-electron chi connectivity index (χ1n) is 5.04. The molecule has 4 unspecified atom stereocenters. The molecule has 0 aliphatic carbocycles. The van der Waals surface area contributed by atoms with Crippen LogP contribution >= 0.6 is 0 Å². The molecule has 0 aromatic carbocycles. The first-order valence-corrected chi connectivity index (χ1v) is 5.04. The van der Waals surface area contributed by atoms with Crippen LogP contribution in [-0.4, -0.2) is 23.3 Å². The molecule has 0 saturated carbocycles. The third kappa shape index (κ3) is 1.70. The van der Waals surface area contributed by atoms with Crippen LogP contribution in [0.3, 0.4) is 0 Å². The standard InChI is InChI=1S/C10H16O3/c1-6(4-10(11)12)8-5-7-2-3-9(8)13-7/h6-9H,2-5H2,1H3,(H,11,12). The van der Waals surface area contributed by atoms with E-state index in [1.807, 2.05) is 6.92 Å². The Hall–Kier alpha value is -0.570. The van der Waals surface area contributed by atoms with Gasteiger partial charge in [-0.1, -0.05) is 6.92 Å². The average Bonchev–Trinajstić information content (AvgIpc) is 2.62. The number of carbonyl (C=O) groups is 1. The maximum atomic E-state index is 10.5. The molecule has 0 amide bonds. The van der Waals surface area contributed by atoms with Crippen molar-refractivity contribution in [1.29, 1.82) is 0 Å². The molecule has 4 atom stereocenters. The Morgan fingerprint density at radius 2 is 2.38 bits per heavy atom. The summed E-state index contributed by atoms with van der Waals surface area (Å²) < 4.78 is 5.69. The molecule has 2 rings (SSSR count). The minimum atomic E-state index is -0.685. The van der Waals surface area contributed by atoms with Gasteiger partial charge in [-0.3, -0.25) is 4.79 Å². The predicted molar refractivity (Wildman–Crippen MR) is 47.4 cm³/mol. The van der Waals surface area contributed by atoms with Gasteiger partial charge in [-0.2, -0.15) is 0 Å². The van der Waals surface area contributed by atoms with Crippen molar-refractivity contribution >= 4 is 5.97 Å². The third-order valence-corrected chi connectivity index (χ3v) is 3.38. The zero-order chi connectivity index (χ0) is 9.42. The van der Waals surface area contributed by atoms with E-state index < -0.39 is 5.97 Å². The summed E-state index contributed by atoms with van der Waals surface area (Å²) in [6.45, 7) is 2.03. The number of fused-ring (bicyclic) bond motifs is 2. The first kappa shape index (κ1) is 9.00. The lowest BCUT2D eigenvalue weighted by Gasteiger charge is -2.23. The van der Waals surface area contributed by atoms with Crippen LogP contribution < -0.4 is 0 Å². The van der Waals surface area contributed by atoms with Gasteiger partial charge in [0, 0.05) is 6.42 Å². The second-order valence-corrected chi connectivity index (χ2v) is 4.35.